The highest BCUT2D eigenvalue weighted by molar-refractivity contribution is 5.35. The molecule has 0 amide bonds. The summed E-state index contributed by atoms with van der Waals surface area (Å²) in [6.45, 7) is 0. The first-order valence-electron chi connectivity index (χ1n) is 7.33. The molecule has 1 fully saturated rings. The van der Waals surface area contributed by atoms with Crippen LogP contribution in [0.15, 0.2) is 48.5 Å². The van der Waals surface area contributed by atoms with Crippen LogP contribution in [-0.2, 0) is 6.42 Å². The van der Waals surface area contributed by atoms with Gasteiger partial charge in [-0.2, -0.15) is 0 Å². The molecule has 2 aromatic rings. The predicted octanol–water partition coefficient (Wildman–Crippen LogP) is 4.34. The molecule has 2 heteroatoms. The molecule has 1 nitrogen and oxygen atoms in total. The highest BCUT2D eigenvalue weighted by Gasteiger charge is 2.23. The van der Waals surface area contributed by atoms with Crippen LogP contribution >= 0.6 is 0 Å². The molecular weight excluding hydrogens is 249 g/mol. The van der Waals surface area contributed by atoms with Crippen LogP contribution in [0.25, 0.3) is 0 Å². The summed E-state index contributed by atoms with van der Waals surface area (Å²) in [5, 5.41) is 0. The van der Waals surface area contributed by atoms with E-state index in [2.05, 4.69) is 18.2 Å². The zero-order valence-corrected chi connectivity index (χ0v) is 11.6. The van der Waals surface area contributed by atoms with Crippen LogP contribution in [0, 0.1) is 5.82 Å². The summed E-state index contributed by atoms with van der Waals surface area (Å²) in [5.74, 6) is 0.478. The maximum absolute atomic E-state index is 13.3. The molecule has 104 valence electrons. The van der Waals surface area contributed by atoms with Gasteiger partial charge in [-0.1, -0.05) is 42.8 Å². The molecule has 0 saturated heterocycles. The van der Waals surface area contributed by atoms with Gasteiger partial charge in [-0.25, -0.2) is 4.39 Å². The SMILES string of the molecule is NC(Cc1cccc(F)c1)c1ccccc1C1CCC1. The van der Waals surface area contributed by atoms with E-state index in [0.717, 1.165) is 5.56 Å². The third kappa shape index (κ3) is 2.75. The van der Waals surface area contributed by atoms with Gasteiger partial charge in [0, 0.05) is 6.04 Å². The van der Waals surface area contributed by atoms with E-state index in [1.54, 1.807) is 12.1 Å². The van der Waals surface area contributed by atoms with Crippen LogP contribution in [0.2, 0.25) is 0 Å². The second-order valence-electron chi connectivity index (χ2n) is 5.70. The van der Waals surface area contributed by atoms with E-state index in [1.807, 2.05) is 12.1 Å². The lowest BCUT2D eigenvalue weighted by molar-refractivity contribution is 0.415. The van der Waals surface area contributed by atoms with E-state index in [-0.39, 0.29) is 11.9 Å². The van der Waals surface area contributed by atoms with Crippen molar-refractivity contribution in [1.82, 2.24) is 0 Å². The minimum absolute atomic E-state index is 0.0615. The van der Waals surface area contributed by atoms with Crippen molar-refractivity contribution in [3.63, 3.8) is 0 Å². The van der Waals surface area contributed by atoms with Crippen LogP contribution < -0.4 is 5.73 Å². The molecular formula is C18H20FN. The van der Waals surface area contributed by atoms with Crippen molar-refractivity contribution in [1.29, 1.82) is 0 Å². The normalized spacial score (nSPS) is 16.7. The Morgan fingerprint density at radius 2 is 1.90 bits per heavy atom. The highest BCUT2D eigenvalue weighted by atomic mass is 19.1. The van der Waals surface area contributed by atoms with Gasteiger partial charge in [-0.3, -0.25) is 0 Å². The van der Waals surface area contributed by atoms with Crippen molar-refractivity contribution in [2.24, 2.45) is 5.73 Å². The number of rotatable bonds is 4. The maximum Gasteiger partial charge on any atom is 0.123 e. The van der Waals surface area contributed by atoms with Crippen molar-refractivity contribution in [3.8, 4) is 0 Å². The van der Waals surface area contributed by atoms with E-state index in [0.29, 0.717) is 12.3 Å². The summed E-state index contributed by atoms with van der Waals surface area (Å²) in [7, 11) is 0. The topological polar surface area (TPSA) is 26.0 Å². The molecule has 0 heterocycles. The van der Waals surface area contributed by atoms with Gasteiger partial charge in [0.1, 0.15) is 5.82 Å². The minimum Gasteiger partial charge on any atom is -0.324 e. The number of benzene rings is 2. The van der Waals surface area contributed by atoms with Crippen LogP contribution in [0.1, 0.15) is 47.9 Å². The smallest absolute Gasteiger partial charge is 0.123 e. The van der Waals surface area contributed by atoms with Crippen molar-refractivity contribution >= 4 is 0 Å². The molecule has 1 aliphatic carbocycles. The largest absolute Gasteiger partial charge is 0.324 e. The fourth-order valence-electron chi connectivity index (χ4n) is 2.97. The molecule has 0 aromatic heterocycles. The molecule has 1 atom stereocenters. The number of nitrogens with two attached hydrogens (primary N) is 1. The Labute approximate surface area is 119 Å². The molecule has 3 rings (SSSR count). The summed E-state index contributed by atoms with van der Waals surface area (Å²) < 4.78 is 13.3. The lowest BCUT2D eigenvalue weighted by Gasteiger charge is -2.29. The molecule has 2 N–H and O–H groups in total. The lowest BCUT2D eigenvalue weighted by Crippen LogP contribution is -2.19. The summed E-state index contributed by atoms with van der Waals surface area (Å²) in [6.07, 6.45) is 4.53. The van der Waals surface area contributed by atoms with Gasteiger partial charge >= 0.3 is 0 Å². The molecule has 2 aromatic carbocycles. The summed E-state index contributed by atoms with van der Waals surface area (Å²) in [6, 6.07) is 15.1. The minimum atomic E-state index is -0.193. The van der Waals surface area contributed by atoms with Crippen LogP contribution in [0.3, 0.4) is 0 Å². The van der Waals surface area contributed by atoms with Crippen LogP contribution in [0.4, 0.5) is 4.39 Å². The second kappa shape index (κ2) is 5.76. The average molecular weight is 269 g/mol. The fraction of sp³-hybridized carbons (Fsp3) is 0.333. The maximum atomic E-state index is 13.3. The third-order valence-corrected chi connectivity index (χ3v) is 4.29. The Balaban J connectivity index is 1.81. The predicted molar refractivity (Wildman–Crippen MR) is 80.1 cm³/mol. The highest BCUT2D eigenvalue weighted by Crippen LogP contribution is 2.39. The van der Waals surface area contributed by atoms with Gasteiger partial charge in [0.15, 0.2) is 0 Å². The Kier molecular flexibility index (Phi) is 3.83. The van der Waals surface area contributed by atoms with Gasteiger partial charge in [0.05, 0.1) is 0 Å². The molecule has 0 radical (unpaired) electrons. The molecule has 0 aliphatic heterocycles. The van der Waals surface area contributed by atoms with Gasteiger partial charge in [0.25, 0.3) is 0 Å². The lowest BCUT2D eigenvalue weighted by atomic mass is 9.77. The first-order chi connectivity index (χ1) is 9.74. The fourth-order valence-corrected chi connectivity index (χ4v) is 2.97. The third-order valence-electron chi connectivity index (χ3n) is 4.29. The van der Waals surface area contributed by atoms with Crippen molar-refractivity contribution < 1.29 is 4.39 Å². The molecule has 20 heavy (non-hydrogen) atoms. The van der Waals surface area contributed by atoms with E-state index in [1.165, 1.54) is 36.5 Å². The molecule has 0 spiro atoms. The summed E-state index contributed by atoms with van der Waals surface area (Å²) in [5.41, 5.74) is 9.95. The monoisotopic (exact) mass is 269 g/mol. The molecule has 0 bridgehead atoms. The molecule has 1 unspecified atom stereocenters. The van der Waals surface area contributed by atoms with Gasteiger partial charge in [-0.15, -0.1) is 0 Å². The first kappa shape index (κ1) is 13.3. The first-order valence-corrected chi connectivity index (χ1v) is 7.33. The van der Waals surface area contributed by atoms with E-state index >= 15 is 0 Å². The van der Waals surface area contributed by atoms with Crippen molar-refractivity contribution in [2.45, 2.75) is 37.6 Å². The zero-order chi connectivity index (χ0) is 13.9. The van der Waals surface area contributed by atoms with Crippen LogP contribution in [-0.4, -0.2) is 0 Å². The molecule has 1 saturated carbocycles. The quantitative estimate of drug-likeness (QED) is 0.878. The Morgan fingerprint density at radius 1 is 1.10 bits per heavy atom. The van der Waals surface area contributed by atoms with E-state index in [9.17, 15) is 4.39 Å². The van der Waals surface area contributed by atoms with E-state index < -0.39 is 0 Å². The van der Waals surface area contributed by atoms with Crippen molar-refractivity contribution in [3.05, 3.63) is 71.0 Å². The Hall–Kier alpha value is -1.67. The Bertz CT molecular complexity index is 589. The summed E-state index contributed by atoms with van der Waals surface area (Å²) in [4.78, 5) is 0. The van der Waals surface area contributed by atoms with Gasteiger partial charge in [0.2, 0.25) is 0 Å². The average Bonchev–Trinajstić information content (AvgIpc) is 2.37. The number of hydrogen-bond donors (Lipinski definition) is 1. The van der Waals surface area contributed by atoms with Crippen LogP contribution in [0.5, 0.6) is 0 Å². The summed E-state index contributed by atoms with van der Waals surface area (Å²) >= 11 is 0. The van der Waals surface area contributed by atoms with Gasteiger partial charge < -0.3 is 5.73 Å². The zero-order valence-electron chi connectivity index (χ0n) is 11.6. The van der Waals surface area contributed by atoms with E-state index in [4.69, 9.17) is 5.73 Å². The van der Waals surface area contributed by atoms with Crippen molar-refractivity contribution in [2.75, 3.05) is 0 Å². The number of halogens is 1. The standard InChI is InChI=1S/C18H20FN/c19-15-8-3-5-13(11-15)12-18(20)17-10-2-1-9-16(17)14-6-4-7-14/h1-3,5,8-11,14,18H,4,6-7,12,20H2. The molecule has 1 aliphatic rings. The van der Waals surface area contributed by atoms with Gasteiger partial charge in [-0.05, 0) is 54.0 Å². The number of hydrogen-bond acceptors (Lipinski definition) is 1. The second-order valence-corrected chi connectivity index (χ2v) is 5.70. The Morgan fingerprint density at radius 3 is 2.60 bits per heavy atom.